The monoisotopic (exact) mass is 352 g/mol. The van der Waals surface area contributed by atoms with Crippen LogP contribution in [0.5, 0.6) is 0 Å². The van der Waals surface area contributed by atoms with E-state index >= 15 is 0 Å². The summed E-state index contributed by atoms with van der Waals surface area (Å²) in [5.74, 6) is -0.202. The van der Waals surface area contributed by atoms with Crippen LogP contribution in [0.4, 0.5) is 5.69 Å². The lowest BCUT2D eigenvalue weighted by Gasteiger charge is -2.33. The number of ether oxygens (including phenoxy) is 1. The average Bonchev–Trinajstić information content (AvgIpc) is 2.58. The number of likely N-dealkylation sites (tertiary alicyclic amines) is 1. The molecule has 2 rings (SSSR count). The Morgan fingerprint density at radius 1 is 1.38 bits per heavy atom. The molecule has 0 spiro atoms. The number of benzene rings is 1. The Kier molecular flexibility index (Phi) is 6.49. The van der Waals surface area contributed by atoms with Gasteiger partial charge in [0.2, 0.25) is 5.91 Å². The molecule has 1 amide bonds. The highest BCUT2D eigenvalue weighted by Gasteiger charge is 2.30. The van der Waals surface area contributed by atoms with E-state index in [9.17, 15) is 9.59 Å². The van der Waals surface area contributed by atoms with Crippen LogP contribution in [-0.4, -0.2) is 42.5 Å². The Morgan fingerprint density at radius 2 is 2.04 bits per heavy atom. The summed E-state index contributed by atoms with van der Waals surface area (Å²) in [4.78, 5) is 26.1. The molecule has 1 N–H and O–H groups in total. The first-order valence-corrected chi connectivity index (χ1v) is 8.78. The number of hydrogen-bond acceptors (Lipinski definition) is 4. The summed E-state index contributed by atoms with van der Waals surface area (Å²) >= 11 is 6.12. The second-order valence-electron chi connectivity index (χ2n) is 6.18. The number of nitrogens with zero attached hydrogens (tertiary/aromatic N) is 1. The molecule has 0 radical (unpaired) electrons. The van der Waals surface area contributed by atoms with Crippen molar-refractivity contribution >= 4 is 29.2 Å². The summed E-state index contributed by atoms with van der Waals surface area (Å²) in [6, 6.07) is 5.32. The zero-order chi connectivity index (χ0) is 17.7. The van der Waals surface area contributed by atoms with E-state index in [1.807, 2.05) is 36.9 Å². The summed E-state index contributed by atoms with van der Waals surface area (Å²) < 4.78 is 5.06. The van der Waals surface area contributed by atoms with Crippen LogP contribution < -0.4 is 5.32 Å². The van der Waals surface area contributed by atoms with Gasteiger partial charge in [-0.3, -0.25) is 9.59 Å². The molecular weight excluding hydrogens is 328 g/mol. The Morgan fingerprint density at radius 3 is 2.62 bits per heavy atom. The van der Waals surface area contributed by atoms with Crippen LogP contribution >= 0.6 is 11.6 Å². The predicted octanol–water partition coefficient (Wildman–Crippen LogP) is 3.25. The van der Waals surface area contributed by atoms with E-state index in [1.54, 1.807) is 6.92 Å². The number of amides is 1. The third kappa shape index (κ3) is 4.63. The Hall–Kier alpha value is -1.75. The molecule has 5 nitrogen and oxygen atoms in total. The number of piperidine rings is 1. The van der Waals surface area contributed by atoms with Gasteiger partial charge >= 0.3 is 5.97 Å². The Bertz CT molecular complexity index is 598. The minimum atomic E-state index is -0.345. The predicted molar refractivity (Wildman–Crippen MR) is 95.2 cm³/mol. The van der Waals surface area contributed by atoms with E-state index in [2.05, 4.69) is 5.32 Å². The van der Waals surface area contributed by atoms with Gasteiger partial charge in [0.25, 0.3) is 0 Å². The molecule has 6 heteroatoms. The number of carbonyl (C=O) groups is 2. The standard InChI is InChI=1S/C18H25ClN2O3/c1-4-24-18(23)14-7-9-21(10-8-14)17(22)13(3)20-15-6-5-12(2)16(19)11-15/h5-6,11,13-14,20H,4,7-10H2,1-3H3. The molecule has 0 saturated carbocycles. The molecule has 0 aliphatic carbocycles. The van der Waals surface area contributed by atoms with Crippen LogP contribution in [-0.2, 0) is 14.3 Å². The van der Waals surface area contributed by atoms with Gasteiger partial charge in [-0.05, 0) is 51.3 Å². The maximum atomic E-state index is 12.6. The fourth-order valence-corrected chi connectivity index (χ4v) is 3.04. The Labute approximate surface area is 148 Å². The maximum absolute atomic E-state index is 12.6. The van der Waals surface area contributed by atoms with Crippen molar-refractivity contribution in [3.63, 3.8) is 0 Å². The number of aryl methyl sites for hydroxylation is 1. The zero-order valence-corrected chi connectivity index (χ0v) is 15.2. The van der Waals surface area contributed by atoms with Gasteiger partial charge in [-0.15, -0.1) is 0 Å². The lowest BCUT2D eigenvalue weighted by Crippen LogP contribution is -2.46. The first kappa shape index (κ1) is 18.6. The second kappa shape index (κ2) is 8.38. The molecule has 1 aromatic rings. The van der Waals surface area contributed by atoms with Crippen molar-refractivity contribution in [2.45, 2.75) is 39.7 Å². The fourth-order valence-electron chi connectivity index (χ4n) is 2.86. The number of carbonyl (C=O) groups excluding carboxylic acids is 2. The number of halogens is 1. The lowest BCUT2D eigenvalue weighted by molar-refractivity contribution is -0.151. The first-order valence-electron chi connectivity index (χ1n) is 8.40. The molecule has 132 valence electrons. The highest BCUT2D eigenvalue weighted by Crippen LogP contribution is 2.22. The van der Waals surface area contributed by atoms with Crippen LogP contribution in [0.1, 0.15) is 32.3 Å². The number of hydrogen-bond donors (Lipinski definition) is 1. The average molecular weight is 353 g/mol. The summed E-state index contributed by atoms with van der Waals surface area (Å²) in [7, 11) is 0. The summed E-state index contributed by atoms with van der Waals surface area (Å²) in [5, 5.41) is 3.87. The zero-order valence-electron chi connectivity index (χ0n) is 14.5. The molecule has 1 unspecified atom stereocenters. The van der Waals surface area contributed by atoms with Crippen LogP contribution in [0.3, 0.4) is 0 Å². The number of esters is 1. The molecule has 1 fully saturated rings. The fraction of sp³-hybridized carbons (Fsp3) is 0.556. The first-order chi connectivity index (χ1) is 11.4. The summed E-state index contributed by atoms with van der Waals surface area (Å²) in [5.41, 5.74) is 1.83. The van der Waals surface area contributed by atoms with E-state index in [0.717, 1.165) is 11.3 Å². The van der Waals surface area contributed by atoms with Gasteiger partial charge in [0, 0.05) is 23.8 Å². The Balaban J connectivity index is 1.87. The molecule has 24 heavy (non-hydrogen) atoms. The van der Waals surface area contributed by atoms with Gasteiger partial charge in [-0.25, -0.2) is 0 Å². The molecule has 1 aliphatic rings. The molecule has 0 aromatic heterocycles. The molecule has 1 saturated heterocycles. The third-order valence-electron chi connectivity index (χ3n) is 4.35. The minimum Gasteiger partial charge on any atom is -0.466 e. The largest absolute Gasteiger partial charge is 0.466 e. The summed E-state index contributed by atoms with van der Waals surface area (Å²) in [6.45, 7) is 7.16. The second-order valence-corrected chi connectivity index (χ2v) is 6.59. The van der Waals surface area contributed by atoms with Crippen molar-refractivity contribution in [3.8, 4) is 0 Å². The topological polar surface area (TPSA) is 58.6 Å². The maximum Gasteiger partial charge on any atom is 0.309 e. The van der Waals surface area contributed by atoms with Crippen molar-refractivity contribution in [3.05, 3.63) is 28.8 Å². The van der Waals surface area contributed by atoms with E-state index in [1.165, 1.54) is 0 Å². The van der Waals surface area contributed by atoms with Gasteiger partial charge in [0.15, 0.2) is 0 Å². The molecular formula is C18H25ClN2O3. The normalized spacial score (nSPS) is 16.6. The van der Waals surface area contributed by atoms with E-state index < -0.39 is 0 Å². The lowest BCUT2D eigenvalue weighted by atomic mass is 9.96. The van der Waals surface area contributed by atoms with Gasteiger partial charge in [0.1, 0.15) is 6.04 Å². The SMILES string of the molecule is CCOC(=O)C1CCN(C(=O)C(C)Nc2ccc(C)c(Cl)c2)CC1. The van der Waals surface area contributed by atoms with Crippen LogP contribution in [0.2, 0.25) is 5.02 Å². The van der Waals surface area contributed by atoms with E-state index in [0.29, 0.717) is 37.6 Å². The molecule has 1 aliphatic heterocycles. The molecule has 1 heterocycles. The van der Waals surface area contributed by atoms with Crippen molar-refractivity contribution < 1.29 is 14.3 Å². The van der Waals surface area contributed by atoms with Gasteiger partial charge in [0.05, 0.1) is 12.5 Å². The van der Waals surface area contributed by atoms with E-state index in [-0.39, 0.29) is 23.8 Å². The highest BCUT2D eigenvalue weighted by atomic mass is 35.5. The third-order valence-corrected chi connectivity index (χ3v) is 4.76. The minimum absolute atomic E-state index is 0.0361. The van der Waals surface area contributed by atoms with Crippen molar-refractivity contribution in [2.75, 3.05) is 25.0 Å². The van der Waals surface area contributed by atoms with Gasteiger partial charge in [-0.1, -0.05) is 17.7 Å². The molecule has 1 atom stereocenters. The quantitative estimate of drug-likeness (QED) is 0.826. The van der Waals surface area contributed by atoms with Gasteiger partial charge in [-0.2, -0.15) is 0 Å². The van der Waals surface area contributed by atoms with Crippen molar-refractivity contribution in [1.82, 2.24) is 4.90 Å². The smallest absolute Gasteiger partial charge is 0.309 e. The van der Waals surface area contributed by atoms with Gasteiger partial charge < -0.3 is 15.0 Å². The molecule has 0 bridgehead atoms. The van der Waals surface area contributed by atoms with Crippen molar-refractivity contribution in [2.24, 2.45) is 5.92 Å². The number of rotatable bonds is 5. The summed E-state index contributed by atoms with van der Waals surface area (Å²) in [6.07, 6.45) is 1.32. The van der Waals surface area contributed by atoms with Crippen LogP contribution in [0.15, 0.2) is 18.2 Å². The van der Waals surface area contributed by atoms with Crippen LogP contribution in [0, 0.1) is 12.8 Å². The van der Waals surface area contributed by atoms with E-state index in [4.69, 9.17) is 16.3 Å². The van der Waals surface area contributed by atoms with Crippen LogP contribution in [0.25, 0.3) is 0 Å². The highest BCUT2D eigenvalue weighted by molar-refractivity contribution is 6.31. The number of nitrogens with one attached hydrogen (secondary N) is 1. The van der Waals surface area contributed by atoms with Crippen molar-refractivity contribution in [1.29, 1.82) is 0 Å². The molecule has 1 aromatic carbocycles. The number of anilines is 1.